The summed E-state index contributed by atoms with van der Waals surface area (Å²) < 4.78 is 6.31. The molecule has 1 aliphatic heterocycles. The number of ether oxygens (including phenoxy) is 1. The second kappa shape index (κ2) is 4.29. The second-order valence-corrected chi connectivity index (χ2v) is 4.20. The molecule has 0 aliphatic carbocycles. The summed E-state index contributed by atoms with van der Waals surface area (Å²) in [7, 11) is 0. The maximum absolute atomic E-state index is 9.67. The SMILES string of the molecule is Oc1ccc(Br)cc1[C@H]1COCCN1. The molecule has 0 saturated carbocycles. The van der Waals surface area contributed by atoms with E-state index in [9.17, 15) is 5.11 Å². The van der Waals surface area contributed by atoms with E-state index in [2.05, 4.69) is 21.2 Å². The molecule has 0 spiro atoms. The van der Waals surface area contributed by atoms with Crippen LogP contribution in [0.5, 0.6) is 5.75 Å². The van der Waals surface area contributed by atoms with Gasteiger partial charge in [0.25, 0.3) is 0 Å². The highest BCUT2D eigenvalue weighted by molar-refractivity contribution is 9.10. The summed E-state index contributed by atoms with van der Waals surface area (Å²) in [4.78, 5) is 0. The van der Waals surface area contributed by atoms with E-state index in [4.69, 9.17) is 4.74 Å². The average Bonchev–Trinajstić information content (AvgIpc) is 2.23. The first-order chi connectivity index (χ1) is 6.77. The Hall–Kier alpha value is -0.580. The summed E-state index contributed by atoms with van der Waals surface area (Å²) in [6, 6.07) is 5.53. The Morgan fingerprint density at radius 2 is 2.36 bits per heavy atom. The lowest BCUT2D eigenvalue weighted by Gasteiger charge is -2.24. The summed E-state index contributed by atoms with van der Waals surface area (Å²) in [6.07, 6.45) is 0. The second-order valence-electron chi connectivity index (χ2n) is 3.28. The quantitative estimate of drug-likeness (QED) is 0.807. The van der Waals surface area contributed by atoms with Crippen LogP contribution in [0.2, 0.25) is 0 Å². The number of morpholine rings is 1. The van der Waals surface area contributed by atoms with E-state index in [1.807, 2.05) is 12.1 Å². The van der Waals surface area contributed by atoms with Gasteiger partial charge in [0.1, 0.15) is 5.75 Å². The summed E-state index contributed by atoms with van der Waals surface area (Å²) in [5.74, 6) is 0.316. The Kier molecular flexibility index (Phi) is 3.05. The minimum Gasteiger partial charge on any atom is -0.508 e. The first-order valence-electron chi connectivity index (χ1n) is 4.57. The molecule has 3 nitrogen and oxygen atoms in total. The van der Waals surface area contributed by atoms with Crippen LogP contribution in [0.1, 0.15) is 11.6 Å². The minimum atomic E-state index is 0.0984. The molecule has 1 heterocycles. The van der Waals surface area contributed by atoms with Crippen molar-refractivity contribution in [3.05, 3.63) is 28.2 Å². The zero-order valence-electron chi connectivity index (χ0n) is 7.66. The lowest BCUT2D eigenvalue weighted by molar-refractivity contribution is 0.0761. The van der Waals surface area contributed by atoms with E-state index >= 15 is 0 Å². The first kappa shape index (κ1) is 9.96. The van der Waals surface area contributed by atoms with Gasteiger partial charge in [-0.2, -0.15) is 0 Å². The summed E-state index contributed by atoms with van der Waals surface area (Å²) >= 11 is 3.38. The largest absolute Gasteiger partial charge is 0.508 e. The highest BCUT2D eigenvalue weighted by Gasteiger charge is 2.18. The summed E-state index contributed by atoms with van der Waals surface area (Å²) in [5, 5.41) is 13.0. The van der Waals surface area contributed by atoms with Gasteiger partial charge in [0.15, 0.2) is 0 Å². The Morgan fingerprint density at radius 3 is 3.07 bits per heavy atom. The number of nitrogens with one attached hydrogen (secondary N) is 1. The van der Waals surface area contributed by atoms with Gasteiger partial charge in [0.2, 0.25) is 0 Å². The molecule has 1 saturated heterocycles. The van der Waals surface area contributed by atoms with Gasteiger partial charge in [-0.25, -0.2) is 0 Å². The van der Waals surface area contributed by atoms with Crippen LogP contribution in [0.25, 0.3) is 0 Å². The molecule has 0 unspecified atom stereocenters. The third-order valence-electron chi connectivity index (χ3n) is 2.29. The minimum absolute atomic E-state index is 0.0984. The van der Waals surface area contributed by atoms with Crippen molar-refractivity contribution < 1.29 is 9.84 Å². The molecule has 0 radical (unpaired) electrons. The van der Waals surface area contributed by atoms with E-state index in [-0.39, 0.29) is 6.04 Å². The highest BCUT2D eigenvalue weighted by Crippen LogP contribution is 2.28. The Balaban J connectivity index is 2.24. The van der Waals surface area contributed by atoms with Gasteiger partial charge in [-0.1, -0.05) is 15.9 Å². The lowest BCUT2D eigenvalue weighted by atomic mass is 10.1. The maximum Gasteiger partial charge on any atom is 0.120 e. The van der Waals surface area contributed by atoms with Crippen molar-refractivity contribution in [2.24, 2.45) is 0 Å². The van der Waals surface area contributed by atoms with Crippen molar-refractivity contribution >= 4 is 15.9 Å². The van der Waals surface area contributed by atoms with Gasteiger partial charge in [0.05, 0.1) is 19.3 Å². The molecule has 0 bridgehead atoms. The van der Waals surface area contributed by atoms with E-state index in [1.54, 1.807) is 6.07 Å². The van der Waals surface area contributed by atoms with Gasteiger partial charge < -0.3 is 15.2 Å². The molecule has 0 amide bonds. The predicted octanol–water partition coefficient (Wildman–Crippen LogP) is 1.82. The molecule has 14 heavy (non-hydrogen) atoms. The fourth-order valence-electron chi connectivity index (χ4n) is 1.57. The van der Waals surface area contributed by atoms with Crippen LogP contribution in [0, 0.1) is 0 Å². The Morgan fingerprint density at radius 1 is 1.50 bits per heavy atom. The molecule has 76 valence electrons. The van der Waals surface area contributed by atoms with E-state index < -0.39 is 0 Å². The summed E-state index contributed by atoms with van der Waals surface area (Å²) in [5.41, 5.74) is 0.888. The Labute approximate surface area is 91.2 Å². The molecule has 1 aromatic rings. The smallest absolute Gasteiger partial charge is 0.120 e. The molecular weight excluding hydrogens is 246 g/mol. The van der Waals surface area contributed by atoms with Gasteiger partial charge in [-0.15, -0.1) is 0 Å². The number of aromatic hydroxyl groups is 1. The molecule has 1 fully saturated rings. The fraction of sp³-hybridized carbons (Fsp3) is 0.400. The molecular formula is C10H12BrNO2. The zero-order valence-corrected chi connectivity index (χ0v) is 9.25. The van der Waals surface area contributed by atoms with Crippen LogP contribution in [-0.4, -0.2) is 24.9 Å². The molecule has 1 aromatic carbocycles. The molecule has 2 rings (SSSR count). The number of rotatable bonds is 1. The normalized spacial score (nSPS) is 22.2. The predicted molar refractivity (Wildman–Crippen MR) is 57.4 cm³/mol. The van der Waals surface area contributed by atoms with Crippen LogP contribution < -0.4 is 5.32 Å². The molecule has 1 atom stereocenters. The van der Waals surface area contributed by atoms with E-state index in [0.29, 0.717) is 12.4 Å². The third-order valence-corrected chi connectivity index (χ3v) is 2.78. The van der Waals surface area contributed by atoms with Crippen LogP contribution in [-0.2, 0) is 4.74 Å². The van der Waals surface area contributed by atoms with Crippen molar-refractivity contribution in [1.29, 1.82) is 0 Å². The number of benzene rings is 1. The third kappa shape index (κ3) is 2.08. The monoisotopic (exact) mass is 257 g/mol. The van der Waals surface area contributed by atoms with E-state index in [1.165, 1.54) is 0 Å². The average molecular weight is 258 g/mol. The van der Waals surface area contributed by atoms with Gasteiger partial charge in [0, 0.05) is 16.6 Å². The highest BCUT2D eigenvalue weighted by atomic mass is 79.9. The zero-order chi connectivity index (χ0) is 9.97. The van der Waals surface area contributed by atoms with Crippen LogP contribution in [0.15, 0.2) is 22.7 Å². The molecule has 0 aromatic heterocycles. The van der Waals surface area contributed by atoms with Crippen molar-refractivity contribution in [3.63, 3.8) is 0 Å². The van der Waals surface area contributed by atoms with Crippen molar-refractivity contribution in [3.8, 4) is 5.75 Å². The molecule has 4 heteroatoms. The number of phenolic OH excluding ortho intramolecular Hbond substituents is 1. The molecule has 2 N–H and O–H groups in total. The number of halogens is 1. The van der Waals surface area contributed by atoms with Gasteiger partial charge in [-0.3, -0.25) is 0 Å². The van der Waals surface area contributed by atoms with Gasteiger partial charge >= 0.3 is 0 Å². The van der Waals surface area contributed by atoms with Crippen molar-refractivity contribution in [2.75, 3.05) is 19.8 Å². The van der Waals surface area contributed by atoms with Crippen LogP contribution in [0.4, 0.5) is 0 Å². The number of phenols is 1. The van der Waals surface area contributed by atoms with Crippen molar-refractivity contribution in [2.45, 2.75) is 6.04 Å². The van der Waals surface area contributed by atoms with Crippen LogP contribution in [0.3, 0.4) is 0 Å². The van der Waals surface area contributed by atoms with Crippen molar-refractivity contribution in [1.82, 2.24) is 5.32 Å². The summed E-state index contributed by atoms with van der Waals surface area (Å²) in [6.45, 7) is 2.19. The standard InChI is InChI=1S/C10H12BrNO2/c11-7-1-2-10(13)8(5-7)9-6-14-4-3-12-9/h1-2,5,9,12-13H,3-4,6H2/t9-/m1/s1. The fourth-order valence-corrected chi connectivity index (χ4v) is 1.95. The first-order valence-corrected chi connectivity index (χ1v) is 5.36. The molecule has 1 aliphatic rings. The topological polar surface area (TPSA) is 41.5 Å². The van der Waals surface area contributed by atoms with Crippen LogP contribution >= 0.6 is 15.9 Å². The van der Waals surface area contributed by atoms with E-state index in [0.717, 1.165) is 23.2 Å². The number of hydrogen-bond acceptors (Lipinski definition) is 3. The lowest BCUT2D eigenvalue weighted by Crippen LogP contribution is -2.34. The van der Waals surface area contributed by atoms with Gasteiger partial charge in [-0.05, 0) is 18.2 Å². The number of hydrogen-bond donors (Lipinski definition) is 2. The maximum atomic E-state index is 9.67. The Bertz CT molecular complexity index is 324.